The quantitative estimate of drug-likeness (QED) is 0.827. The van der Waals surface area contributed by atoms with Crippen LogP contribution in [0.5, 0.6) is 0 Å². The van der Waals surface area contributed by atoms with E-state index in [2.05, 4.69) is 10.3 Å². The third-order valence-electron chi connectivity index (χ3n) is 2.68. The van der Waals surface area contributed by atoms with E-state index in [9.17, 15) is 4.79 Å². The van der Waals surface area contributed by atoms with Crippen molar-refractivity contribution < 1.29 is 4.79 Å². The molecule has 0 aliphatic rings. The molecule has 0 aliphatic heterocycles. The predicted molar refractivity (Wildman–Crippen MR) is 75.7 cm³/mol. The molecule has 0 aliphatic carbocycles. The van der Waals surface area contributed by atoms with Crippen LogP contribution in [-0.4, -0.2) is 23.0 Å². The molecular weight excluding hydrogens is 250 g/mol. The smallest absolute Gasteiger partial charge is 0.239 e. The molecule has 0 radical (unpaired) electrons. The van der Waals surface area contributed by atoms with Crippen LogP contribution in [0.15, 0.2) is 24.4 Å². The molecule has 102 valence electrons. The van der Waals surface area contributed by atoms with Crippen molar-refractivity contribution in [2.75, 3.05) is 6.54 Å². The first-order valence-electron chi connectivity index (χ1n) is 6.03. The number of halogens is 1. The lowest BCUT2D eigenvalue weighted by atomic mass is 9.96. The van der Waals surface area contributed by atoms with E-state index in [1.807, 2.05) is 25.1 Å². The maximum absolute atomic E-state index is 11.8. The summed E-state index contributed by atoms with van der Waals surface area (Å²) in [5.74, 6) is -0.0877. The summed E-state index contributed by atoms with van der Waals surface area (Å²) in [6.45, 7) is 4.37. The second-order valence-corrected chi connectivity index (χ2v) is 4.49. The highest BCUT2D eigenvalue weighted by atomic mass is 35.5. The zero-order valence-corrected chi connectivity index (χ0v) is 11.8. The molecule has 0 saturated carbocycles. The maximum Gasteiger partial charge on any atom is 0.239 e. The summed E-state index contributed by atoms with van der Waals surface area (Å²) in [4.78, 5) is 16.0. The van der Waals surface area contributed by atoms with E-state index in [4.69, 9.17) is 5.73 Å². The molecule has 1 unspecified atom stereocenters. The fourth-order valence-corrected chi connectivity index (χ4v) is 1.68. The maximum atomic E-state index is 11.8. The molecule has 0 saturated heterocycles. The van der Waals surface area contributed by atoms with E-state index in [0.29, 0.717) is 13.0 Å². The van der Waals surface area contributed by atoms with Crippen LogP contribution in [0.25, 0.3) is 0 Å². The Morgan fingerprint density at radius 3 is 2.78 bits per heavy atom. The molecule has 0 fully saturated rings. The van der Waals surface area contributed by atoms with Gasteiger partial charge in [-0.15, -0.1) is 12.4 Å². The van der Waals surface area contributed by atoms with Crippen molar-refractivity contribution in [3.05, 3.63) is 30.1 Å². The van der Waals surface area contributed by atoms with Crippen LogP contribution in [0, 0.1) is 0 Å². The van der Waals surface area contributed by atoms with Crippen LogP contribution in [0.2, 0.25) is 0 Å². The average Bonchev–Trinajstić information content (AvgIpc) is 2.30. The van der Waals surface area contributed by atoms with Crippen molar-refractivity contribution in [1.82, 2.24) is 10.3 Å². The van der Waals surface area contributed by atoms with Crippen LogP contribution in [0.1, 0.15) is 32.4 Å². The Morgan fingerprint density at radius 2 is 2.22 bits per heavy atom. The van der Waals surface area contributed by atoms with Crippen molar-refractivity contribution in [2.24, 2.45) is 5.73 Å². The van der Waals surface area contributed by atoms with E-state index in [-0.39, 0.29) is 18.3 Å². The van der Waals surface area contributed by atoms with Gasteiger partial charge in [-0.25, -0.2) is 0 Å². The number of carbonyl (C=O) groups excluding carboxylic acids is 1. The molecule has 1 amide bonds. The van der Waals surface area contributed by atoms with E-state index in [1.54, 1.807) is 13.1 Å². The minimum absolute atomic E-state index is 0. The van der Waals surface area contributed by atoms with Gasteiger partial charge in [0.05, 0.1) is 5.54 Å². The third kappa shape index (κ3) is 5.47. The van der Waals surface area contributed by atoms with Gasteiger partial charge in [0, 0.05) is 24.9 Å². The summed E-state index contributed by atoms with van der Waals surface area (Å²) in [6.07, 6.45) is 4.08. The second-order valence-electron chi connectivity index (χ2n) is 4.49. The number of nitrogens with zero attached hydrogens (tertiary/aromatic N) is 1. The van der Waals surface area contributed by atoms with Gasteiger partial charge in [-0.1, -0.05) is 19.4 Å². The van der Waals surface area contributed by atoms with Gasteiger partial charge in [-0.2, -0.15) is 0 Å². The molecule has 1 aromatic heterocycles. The lowest BCUT2D eigenvalue weighted by Crippen LogP contribution is -2.51. The second kappa shape index (κ2) is 8.06. The van der Waals surface area contributed by atoms with Crippen molar-refractivity contribution in [2.45, 2.75) is 38.6 Å². The van der Waals surface area contributed by atoms with E-state index in [1.165, 1.54) is 0 Å². The summed E-state index contributed by atoms with van der Waals surface area (Å²) >= 11 is 0. The molecule has 0 bridgehead atoms. The summed E-state index contributed by atoms with van der Waals surface area (Å²) in [5.41, 5.74) is 6.13. The highest BCUT2D eigenvalue weighted by Crippen LogP contribution is 2.08. The van der Waals surface area contributed by atoms with Gasteiger partial charge < -0.3 is 11.1 Å². The number of hydrogen-bond acceptors (Lipinski definition) is 3. The predicted octanol–water partition coefficient (Wildman–Crippen LogP) is 1.68. The van der Waals surface area contributed by atoms with Crippen LogP contribution >= 0.6 is 12.4 Å². The summed E-state index contributed by atoms with van der Waals surface area (Å²) in [7, 11) is 0. The van der Waals surface area contributed by atoms with Crippen LogP contribution in [0.4, 0.5) is 0 Å². The number of pyridine rings is 1. The van der Waals surface area contributed by atoms with Crippen LogP contribution in [-0.2, 0) is 11.2 Å². The Kier molecular flexibility index (Phi) is 7.55. The Balaban J connectivity index is 0.00000289. The number of carbonyl (C=O) groups is 1. The first kappa shape index (κ1) is 16.9. The molecule has 0 aromatic carbocycles. The molecule has 18 heavy (non-hydrogen) atoms. The number of hydrogen-bond donors (Lipinski definition) is 2. The average molecular weight is 272 g/mol. The molecule has 5 heteroatoms. The minimum atomic E-state index is -0.765. The lowest BCUT2D eigenvalue weighted by Gasteiger charge is -2.22. The van der Waals surface area contributed by atoms with Crippen molar-refractivity contribution in [1.29, 1.82) is 0 Å². The number of amides is 1. The third-order valence-corrected chi connectivity index (χ3v) is 2.68. The van der Waals surface area contributed by atoms with Gasteiger partial charge in [-0.3, -0.25) is 9.78 Å². The molecular formula is C13H22ClN3O. The zero-order chi connectivity index (χ0) is 12.7. The van der Waals surface area contributed by atoms with Gasteiger partial charge in [0.25, 0.3) is 0 Å². The van der Waals surface area contributed by atoms with E-state index >= 15 is 0 Å². The van der Waals surface area contributed by atoms with Gasteiger partial charge in [0.15, 0.2) is 0 Å². The van der Waals surface area contributed by atoms with Crippen molar-refractivity contribution in [3.63, 3.8) is 0 Å². The number of rotatable bonds is 6. The molecule has 1 aromatic rings. The van der Waals surface area contributed by atoms with Gasteiger partial charge in [0.1, 0.15) is 0 Å². The summed E-state index contributed by atoms with van der Waals surface area (Å²) < 4.78 is 0. The van der Waals surface area contributed by atoms with Crippen LogP contribution < -0.4 is 11.1 Å². The monoisotopic (exact) mass is 271 g/mol. The molecule has 3 N–H and O–H groups in total. The van der Waals surface area contributed by atoms with Gasteiger partial charge in [-0.05, 0) is 25.5 Å². The Morgan fingerprint density at radius 1 is 1.50 bits per heavy atom. The first-order valence-corrected chi connectivity index (χ1v) is 6.03. The van der Waals surface area contributed by atoms with Crippen molar-refractivity contribution in [3.8, 4) is 0 Å². The summed E-state index contributed by atoms with van der Waals surface area (Å²) in [5, 5.41) is 2.85. The SMILES string of the molecule is CCCC(C)(N)C(=O)NCCc1ccccn1.Cl. The fourth-order valence-electron chi connectivity index (χ4n) is 1.68. The van der Waals surface area contributed by atoms with Crippen molar-refractivity contribution >= 4 is 18.3 Å². The highest BCUT2D eigenvalue weighted by Gasteiger charge is 2.26. The molecule has 1 rings (SSSR count). The molecule has 1 heterocycles. The summed E-state index contributed by atoms with van der Waals surface area (Å²) in [6, 6.07) is 5.76. The number of nitrogens with two attached hydrogens (primary N) is 1. The molecule has 0 spiro atoms. The topological polar surface area (TPSA) is 68.0 Å². The standard InChI is InChI=1S/C13H21N3O.ClH/c1-3-8-13(2,14)12(17)16-10-7-11-6-4-5-9-15-11;/h4-6,9H,3,7-8,10,14H2,1-2H3,(H,16,17);1H. The van der Waals surface area contributed by atoms with Gasteiger partial charge >= 0.3 is 0 Å². The van der Waals surface area contributed by atoms with E-state index in [0.717, 1.165) is 18.5 Å². The minimum Gasteiger partial charge on any atom is -0.354 e. The molecule has 1 atom stereocenters. The lowest BCUT2D eigenvalue weighted by molar-refractivity contribution is -0.126. The first-order chi connectivity index (χ1) is 8.06. The fraction of sp³-hybridized carbons (Fsp3) is 0.538. The Labute approximate surface area is 115 Å². The number of aromatic nitrogens is 1. The Bertz CT molecular complexity index is 355. The highest BCUT2D eigenvalue weighted by molar-refractivity contribution is 5.85. The largest absolute Gasteiger partial charge is 0.354 e. The van der Waals surface area contributed by atoms with Gasteiger partial charge in [0.2, 0.25) is 5.91 Å². The normalized spacial score (nSPS) is 13.3. The zero-order valence-electron chi connectivity index (χ0n) is 11.0. The Hall–Kier alpha value is -1.13. The number of nitrogens with one attached hydrogen (secondary N) is 1. The molecule has 4 nitrogen and oxygen atoms in total. The van der Waals surface area contributed by atoms with Crippen LogP contribution in [0.3, 0.4) is 0 Å². The van der Waals surface area contributed by atoms with E-state index < -0.39 is 5.54 Å².